The first kappa shape index (κ1) is 18.3. The molecule has 1 amide bonds. The van der Waals surface area contributed by atoms with E-state index in [0.717, 1.165) is 16.9 Å². The van der Waals surface area contributed by atoms with Gasteiger partial charge < -0.3 is 15.3 Å². The van der Waals surface area contributed by atoms with E-state index in [-0.39, 0.29) is 12.5 Å². The lowest BCUT2D eigenvalue weighted by Gasteiger charge is -2.28. The molecule has 1 aromatic carbocycles. The van der Waals surface area contributed by atoms with Crippen molar-refractivity contribution in [2.45, 2.75) is 38.2 Å². The predicted octanol–water partition coefficient (Wildman–Crippen LogP) is 1.82. The zero-order valence-electron chi connectivity index (χ0n) is 15.6. The van der Waals surface area contributed by atoms with Crippen LogP contribution < -0.4 is 10.2 Å². The van der Waals surface area contributed by atoms with Gasteiger partial charge in [0.1, 0.15) is 11.4 Å². The quantitative estimate of drug-likeness (QED) is 0.856. The van der Waals surface area contributed by atoms with E-state index < -0.39 is 11.0 Å². The van der Waals surface area contributed by atoms with Crippen molar-refractivity contribution in [3.8, 4) is 0 Å². The fourth-order valence-corrected chi connectivity index (χ4v) is 3.22. The van der Waals surface area contributed by atoms with Crippen molar-refractivity contribution >= 4 is 11.7 Å². The summed E-state index contributed by atoms with van der Waals surface area (Å²) in [4.78, 5) is 23.1. The summed E-state index contributed by atoms with van der Waals surface area (Å²) in [6.07, 6.45) is 5.53. The van der Waals surface area contributed by atoms with Gasteiger partial charge in [-0.1, -0.05) is 29.8 Å². The molecule has 1 aromatic heterocycles. The lowest BCUT2D eigenvalue weighted by atomic mass is 9.83. The lowest BCUT2D eigenvalue weighted by Crippen LogP contribution is -2.49. The molecule has 0 bridgehead atoms. The first-order valence-corrected chi connectivity index (χ1v) is 8.89. The highest BCUT2D eigenvalue weighted by molar-refractivity contribution is 5.87. The first-order valence-electron chi connectivity index (χ1n) is 8.89. The van der Waals surface area contributed by atoms with Gasteiger partial charge in [-0.05, 0) is 32.8 Å². The summed E-state index contributed by atoms with van der Waals surface area (Å²) in [5.41, 5.74) is 0.499. The van der Waals surface area contributed by atoms with E-state index in [1.807, 2.05) is 49.9 Å². The molecule has 0 unspecified atom stereocenters. The minimum absolute atomic E-state index is 0.0901. The summed E-state index contributed by atoms with van der Waals surface area (Å²) in [6.45, 7) is 7.16. The van der Waals surface area contributed by atoms with E-state index in [1.165, 1.54) is 0 Å². The van der Waals surface area contributed by atoms with E-state index in [0.29, 0.717) is 19.5 Å². The van der Waals surface area contributed by atoms with Crippen molar-refractivity contribution in [3.05, 3.63) is 54.0 Å². The third kappa shape index (κ3) is 3.85. The van der Waals surface area contributed by atoms with E-state index in [1.54, 1.807) is 18.6 Å². The Balaban J connectivity index is 1.61. The third-order valence-electron chi connectivity index (χ3n) is 5.12. The van der Waals surface area contributed by atoms with Crippen LogP contribution in [0.5, 0.6) is 0 Å². The Labute approximate surface area is 154 Å². The molecule has 0 radical (unpaired) electrons. The van der Waals surface area contributed by atoms with E-state index in [4.69, 9.17) is 0 Å². The number of hydrogen-bond acceptors (Lipinski definition) is 5. The van der Waals surface area contributed by atoms with Gasteiger partial charge in [-0.15, -0.1) is 0 Å². The van der Waals surface area contributed by atoms with Gasteiger partial charge in [0.25, 0.3) is 0 Å². The van der Waals surface area contributed by atoms with Crippen LogP contribution in [0.1, 0.15) is 31.4 Å². The van der Waals surface area contributed by atoms with E-state index in [2.05, 4.69) is 15.3 Å². The summed E-state index contributed by atoms with van der Waals surface area (Å²) < 4.78 is 0. The van der Waals surface area contributed by atoms with Gasteiger partial charge in [0, 0.05) is 32.0 Å². The molecular formula is C20H26N4O2. The Morgan fingerprint density at radius 3 is 2.69 bits per heavy atom. The minimum atomic E-state index is -0.962. The van der Waals surface area contributed by atoms with Crippen LogP contribution in [0.3, 0.4) is 0 Å². The molecule has 2 heterocycles. The summed E-state index contributed by atoms with van der Waals surface area (Å²) in [5.74, 6) is 0.655. The SMILES string of the molecule is Cc1ccc(C(C)(C)C(=O)NC[C@]2(O)CCN(c3cnccn3)C2)cc1. The van der Waals surface area contributed by atoms with Gasteiger partial charge in [0.2, 0.25) is 5.91 Å². The zero-order valence-corrected chi connectivity index (χ0v) is 15.6. The predicted molar refractivity (Wildman–Crippen MR) is 101 cm³/mol. The van der Waals surface area contributed by atoms with Gasteiger partial charge in [0.05, 0.1) is 11.6 Å². The van der Waals surface area contributed by atoms with Gasteiger partial charge in [0.15, 0.2) is 0 Å². The molecular weight excluding hydrogens is 328 g/mol. The second-order valence-corrected chi connectivity index (χ2v) is 7.63. The summed E-state index contributed by atoms with van der Waals surface area (Å²) in [5, 5.41) is 13.8. The average molecular weight is 354 g/mol. The van der Waals surface area contributed by atoms with Gasteiger partial charge >= 0.3 is 0 Å². The molecule has 1 aliphatic rings. The molecule has 2 N–H and O–H groups in total. The number of aliphatic hydroxyl groups is 1. The van der Waals surface area contributed by atoms with Crippen molar-refractivity contribution in [2.75, 3.05) is 24.5 Å². The Bertz CT molecular complexity index is 761. The van der Waals surface area contributed by atoms with Gasteiger partial charge in [-0.2, -0.15) is 0 Å². The Kier molecular flexibility index (Phi) is 4.96. The number of aryl methyl sites for hydroxylation is 1. The maximum Gasteiger partial charge on any atom is 0.230 e. The number of nitrogens with zero attached hydrogens (tertiary/aromatic N) is 3. The number of aromatic nitrogens is 2. The van der Waals surface area contributed by atoms with Crippen molar-refractivity contribution in [3.63, 3.8) is 0 Å². The summed E-state index contributed by atoms with van der Waals surface area (Å²) >= 11 is 0. The van der Waals surface area contributed by atoms with Gasteiger partial charge in [-0.3, -0.25) is 9.78 Å². The molecule has 0 aliphatic carbocycles. The van der Waals surface area contributed by atoms with Crippen LogP contribution >= 0.6 is 0 Å². The smallest absolute Gasteiger partial charge is 0.230 e. The molecule has 6 nitrogen and oxygen atoms in total. The Morgan fingerprint density at radius 2 is 2.04 bits per heavy atom. The largest absolute Gasteiger partial charge is 0.386 e. The van der Waals surface area contributed by atoms with Crippen LogP contribution in [0.25, 0.3) is 0 Å². The van der Waals surface area contributed by atoms with Crippen molar-refractivity contribution in [1.82, 2.24) is 15.3 Å². The maximum atomic E-state index is 12.7. The summed E-state index contributed by atoms with van der Waals surface area (Å²) in [7, 11) is 0. The van der Waals surface area contributed by atoms with Crippen molar-refractivity contribution < 1.29 is 9.90 Å². The van der Waals surface area contributed by atoms with Crippen LogP contribution in [0.15, 0.2) is 42.9 Å². The molecule has 1 aliphatic heterocycles. The molecule has 26 heavy (non-hydrogen) atoms. The molecule has 1 fully saturated rings. The number of rotatable bonds is 5. The molecule has 2 aromatic rings. The Morgan fingerprint density at radius 1 is 1.31 bits per heavy atom. The summed E-state index contributed by atoms with van der Waals surface area (Å²) in [6, 6.07) is 7.98. The van der Waals surface area contributed by atoms with E-state index >= 15 is 0 Å². The number of anilines is 1. The first-order chi connectivity index (χ1) is 12.3. The number of carbonyl (C=O) groups excluding carboxylic acids is 1. The van der Waals surface area contributed by atoms with Crippen LogP contribution in [0.4, 0.5) is 5.82 Å². The number of nitrogens with one attached hydrogen (secondary N) is 1. The average Bonchev–Trinajstić information content (AvgIpc) is 3.03. The number of β-amino-alcohol motifs (C(OH)–C–C–N with tert-alkyl or cyclic N) is 1. The number of benzene rings is 1. The molecule has 0 spiro atoms. The van der Waals surface area contributed by atoms with Crippen molar-refractivity contribution in [1.29, 1.82) is 0 Å². The minimum Gasteiger partial charge on any atom is -0.386 e. The number of amides is 1. The van der Waals surface area contributed by atoms with Gasteiger partial charge in [-0.25, -0.2) is 4.98 Å². The second-order valence-electron chi connectivity index (χ2n) is 7.63. The maximum absolute atomic E-state index is 12.7. The molecule has 1 saturated heterocycles. The number of carbonyl (C=O) groups is 1. The van der Waals surface area contributed by atoms with Crippen LogP contribution in [-0.2, 0) is 10.2 Å². The highest BCUT2D eigenvalue weighted by Crippen LogP contribution is 2.26. The van der Waals surface area contributed by atoms with Crippen molar-refractivity contribution in [2.24, 2.45) is 0 Å². The number of hydrogen-bond donors (Lipinski definition) is 2. The molecule has 6 heteroatoms. The van der Waals surface area contributed by atoms with Crippen LogP contribution in [-0.4, -0.2) is 46.2 Å². The molecule has 0 saturated carbocycles. The highest BCUT2D eigenvalue weighted by atomic mass is 16.3. The molecule has 138 valence electrons. The topological polar surface area (TPSA) is 78.4 Å². The molecule has 3 rings (SSSR count). The van der Waals surface area contributed by atoms with Crippen LogP contribution in [0, 0.1) is 6.92 Å². The second kappa shape index (κ2) is 7.03. The molecule has 1 atom stereocenters. The standard InChI is InChI=1S/C20H26N4O2/c1-15-4-6-16(7-5-15)19(2,3)18(25)23-13-20(26)8-11-24(14-20)17-12-21-9-10-22-17/h4-7,9-10,12,26H,8,11,13-14H2,1-3H3,(H,23,25)/t20-/m1/s1. The Hall–Kier alpha value is -2.47. The lowest BCUT2D eigenvalue weighted by molar-refractivity contribution is -0.126. The van der Waals surface area contributed by atoms with E-state index in [9.17, 15) is 9.90 Å². The fourth-order valence-electron chi connectivity index (χ4n) is 3.22. The monoisotopic (exact) mass is 354 g/mol. The normalized spacial score (nSPS) is 20.2. The fraction of sp³-hybridized carbons (Fsp3) is 0.450. The third-order valence-corrected chi connectivity index (χ3v) is 5.12. The van der Waals surface area contributed by atoms with Crippen LogP contribution in [0.2, 0.25) is 0 Å². The highest BCUT2D eigenvalue weighted by Gasteiger charge is 2.38. The zero-order chi connectivity index (χ0) is 18.8.